The lowest BCUT2D eigenvalue weighted by atomic mass is 10.1. The number of imide groups is 1. The molecule has 3 rings (SSSR count). The molecule has 7 nitrogen and oxygen atoms in total. The number of hydrogen-bond acceptors (Lipinski definition) is 4. The lowest BCUT2D eigenvalue weighted by Gasteiger charge is -2.25. The zero-order chi connectivity index (χ0) is 15.0. The highest BCUT2D eigenvalue weighted by Crippen LogP contribution is 2.16. The molecule has 0 saturated carbocycles. The van der Waals surface area contributed by atoms with Crippen LogP contribution in [-0.4, -0.2) is 40.7 Å². The van der Waals surface area contributed by atoms with Gasteiger partial charge < -0.3 is 9.88 Å². The van der Waals surface area contributed by atoms with Crippen molar-refractivity contribution in [2.75, 3.05) is 13.1 Å². The zero-order valence-corrected chi connectivity index (χ0v) is 10.9. The third-order valence-electron chi connectivity index (χ3n) is 3.22. The van der Waals surface area contributed by atoms with Crippen molar-refractivity contribution >= 4 is 28.6 Å². The first-order valence-electron chi connectivity index (χ1n) is 6.28. The summed E-state index contributed by atoms with van der Waals surface area (Å²) < 4.78 is 0. The second kappa shape index (κ2) is 4.86. The number of H-pyrrole nitrogens is 1. The summed E-state index contributed by atoms with van der Waals surface area (Å²) in [5.41, 5.74) is 0.294. The van der Waals surface area contributed by atoms with E-state index in [4.69, 9.17) is 0 Å². The molecular formula is C14H11N3O4. The number of pyridine rings is 1. The van der Waals surface area contributed by atoms with Crippen LogP contribution in [0.25, 0.3) is 10.9 Å². The number of aromatic amines is 1. The molecule has 21 heavy (non-hydrogen) atoms. The number of fused-ring (bicyclic) bond motifs is 1. The molecular weight excluding hydrogens is 274 g/mol. The number of benzene rings is 1. The molecule has 2 aromatic rings. The van der Waals surface area contributed by atoms with Crippen LogP contribution in [0.1, 0.15) is 10.4 Å². The van der Waals surface area contributed by atoms with Crippen LogP contribution in [0.15, 0.2) is 35.1 Å². The van der Waals surface area contributed by atoms with Gasteiger partial charge in [0, 0.05) is 17.0 Å². The minimum absolute atomic E-state index is 0.178. The molecule has 0 bridgehead atoms. The molecule has 0 radical (unpaired) electrons. The van der Waals surface area contributed by atoms with Gasteiger partial charge in [0.1, 0.15) is 13.1 Å². The average Bonchev–Trinajstić information content (AvgIpc) is 2.44. The maximum absolute atomic E-state index is 12.5. The largest absolute Gasteiger partial charge is 0.322 e. The van der Waals surface area contributed by atoms with Gasteiger partial charge >= 0.3 is 0 Å². The molecule has 1 aromatic heterocycles. The summed E-state index contributed by atoms with van der Waals surface area (Å²) in [6.45, 7) is -0.405. The van der Waals surface area contributed by atoms with Crippen molar-refractivity contribution in [3.05, 3.63) is 46.2 Å². The van der Waals surface area contributed by atoms with Gasteiger partial charge in [0.2, 0.25) is 17.4 Å². The number of piperazine rings is 1. The van der Waals surface area contributed by atoms with E-state index in [0.29, 0.717) is 10.9 Å². The lowest BCUT2D eigenvalue weighted by molar-refractivity contribution is -0.135. The van der Waals surface area contributed by atoms with E-state index in [1.54, 1.807) is 24.3 Å². The predicted molar refractivity (Wildman–Crippen MR) is 73.6 cm³/mol. The smallest absolute Gasteiger partial charge is 0.255 e. The molecule has 1 aliphatic rings. The molecule has 0 spiro atoms. The Morgan fingerprint density at radius 3 is 2.43 bits per heavy atom. The fourth-order valence-electron chi connectivity index (χ4n) is 2.33. The molecule has 106 valence electrons. The van der Waals surface area contributed by atoms with E-state index < -0.39 is 23.3 Å². The Kier molecular flexibility index (Phi) is 3.02. The summed E-state index contributed by atoms with van der Waals surface area (Å²) in [5, 5.41) is 2.69. The summed E-state index contributed by atoms with van der Waals surface area (Å²) in [7, 11) is 0. The standard InChI is InChI=1S/C14H11N3O4/c18-11-5-9(8-3-1-2-4-10(8)15-11)14(21)17-6-12(19)16-13(20)7-17/h1-5H,6-7H2,(H,15,18)(H,16,19,20). The molecule has 1 fully saturated rings. The molecule has 2 N–H and O–H groups in total. The number of rotatable bonds is 1. The molecule has 7 heteroatoms. The Morgan fingerprint density at radius 1 is 1.05 bits per heavy atom. The molecule has 2 heterocycles. The summed E-state index contributed by atoms with van der Waals surface area (Å²) >= 11 is 0. The normalized spacial score (nSPS) is 15.1. The molecule has 1 aliphatic heterocycles. The van der Waals surface area contributed by atoms with E-state index in [0.717, 1.165) is 4.90 Å². The van der Waals surface area contributed by atoms with Crippen molar-refractivity contribution in [3.63, 3.8) is 0 Å². The summed E-state index contributed by atoms with van der Waals surface area (Å²) in [4.78, 5) is 50.6. The van der Waals surface area contributed by atoms with Crippen molar-refractivity contribution in [1.29, 1.82) is 0 Å². The average molecular weight is 285 g/mol. The number of nitrogens with one attached hydrogen (secondary N) is 2. The van der Waals surface area contributed by atoms with Gasteiger partial charge in [-0.3, -0.25) is 24.5 Å². The van der Waals surface area contributed by atoms with Crippen LogP contribution in [0.4, 0.5) is 0 Å². The highest BCUT2D eigenvalue weighted by molar-refractivity contribution is 6.10. The summed E-state index contributed by atoms with van der Waals surface area (Å²) in [6.07, 6.45) is 0. The quantitative estimate of drug-likeness (QED) is 0.698. The second-order valence-electron chi connectivity index (χ2n) is 4.73. The second-order valence-corrected chi connectivity index (χ2v) is 4.73. The zero-order valence-electron chi connectivity index (χ0n) is 10.9. The fraction of sp³-hybridized carbons (Fsp3) is 0.143. The van der Waals surface area contributed by atoms with E-state index in [9.17, 15) is 19.2 Å². The monoisotopic (exact) mass is 285 g/mol. The summed E-state index contributed by atoms with van der Waals surface area (Å²) in [6, 6.07) is 8.05. The molecule has 0 aliphatic carbocycles. The number of carbonyl (C=O) groups excluding carboxylic acids is 3. The lowest BCUT2D eigenvalue weighted by Crippen LogP contribution is -2.53. The van der Waals surface area contributed by atoms with Gasteiger partial charge in [0.25, 0.3) is 5.91 Å². The first kappa shape index (κ1) is 13.0. The Labute approximate surface area is 118 Å². The maximum Gasteiger partial charge on any atom is 0.255 e. The third kappa shape index (κ3) is 2.40. The van der Waals surface area contributed by atoms with E-state index in [2.05, 4.69) is 10.3 Å². The molecule has 1 saturated heterocycles. The molecule has 0 atom stereocenters. The Balaban J connectivity index is 2.07. The van der Waals surface area contributed by atoms with E-state index in [1.165, 1.54) is 6.07 Å². The topological polar surface area (TPSA) is 99.3 Å². The van der Waals surface area contributed by atoms with Crippen LogP contribution in [0.3, 0.4) is 0 Å². The molecule has 3 amide bonds. The molecule has 1 aromatic carbocycles. The number of hydrogen-bond donors (Lipinski definition) is 2. The SMILES string of the molecule is O=C1CN(C(=O)c2cc(=O)[nH]c3ccccc23)CC(=O)N1. The maximum atomic E-state index is 12.5. The van der Waals surface area contributed by atoms with Gasteiger partial charge in [-0.1, -0.05) is 18.2 Å². The number of nitrogens with zero attached hydrogens (tertiary/aromatic N) is 1. The van der Waals surface area contributed by atoms with E-state index in [-0.39, 0.29) is 18.7 Å². The van der Waals surface area contributed by atoms with Crippen molar-refractivity contribution in [2.24, 2.45) is 0 Å². The van der Waals surface area contributed by atoms with Crippen LogP contribution >= 0.6 is 0 Å². The van der Waals surface area contributed by atoms with Crippen LogP contribution in [0.2, 0.25) is 0 Å². The Morgan fingerprint density at radius 2 is 1.71 bits per heavy atom. The third-order valence-corrected chi connectivity index (χ3v) is 3.22. The van der Waals surface area contributed by atoms with Crippen LogP contribution in [0.5, 0.6) is 0 Å². The van der Waals surface area contributed by atoms with Crippen LogP contribution in [0, 0.1) is 0 Å². The summed E-state index contributed by atoms with van der Waals surface area (Å²) in [5.74, 6) is -1.58. The number of carbonyl (C=O) groups is 3. The number of para-hydroxylation sites is 1. The first-order chi connectivity index (χ1) is 10.0. The van der Waals surface area contributed by atoms with Gasteiger partial charge in [-0.15, -0.1) is 0 Å². The Hall–Kier alpha value is -2.96. The van der Waals surface area contributed by atoms with Crippen molar-refractivity contribution in [2.45, 2.75) is 0 Å². The van der Waals surface area contributed by atoms with Crippen LogP contribution < -0.4 is 10.9 Å². The van der Waals surface area contributed by atoms with Gasteiger partial charge in [-0.2, -0.15) is 0 Å². The minimum atomic E-state index is -0.534. The highest BCUT2D eigenvalue weighted by atomic mass is 16.2. The van der Waals surface area contributed by atoms with Gasteiger partial charge in [0.05, 0.1) is 5.56 Å². The Bertz CT molecular complexity index is 808. The van der Waals surface area contributed by atoms with Crippen LogP contribution in [-0.2, 0) is 9.59 Å². The van der Waals surface area contributed by atoms with E-state index >= 15 is 0 Å². The predicted octanol–water partition coefficient (Wildman–Crippen LogP) is -0.373. The van der Waals surface area contributed by atoms with Crippen molar-refractivity contribution in [1.82, 2.24) is 15.2 Å². The molecule has 0 unspecified atom stereocenters. The van der Waals surface area contributed by atoms with Gasteiger partial charge in [0.15, 0.2) is 0 Å². The first-order valence-corrected chi connectivity index (χ1v) is 6.28. The number of aromatic nitrogens is 1. The number of amides is 3. The van der Waals surface area contributed by atoms with Gasteiger partial charge in [-0.05, 0) is 6.07 Å². The highest BCUT2D eigenvalue weighted by Gasteiger charge is 2.28. The van der Waals surface area contributed by atoms with Gasteiger partial charge in [-0.25, -0.2) is 0 Å². The van der Waals surface area contributed by atoms with E-state index in [1.807, 2.05) is 0 Å². The van der Waals surface area contributed by atoms with Crippen molar-refractivity contribution in [3.8, 4) is 0 Å². The van der Waals surface area contributed by atoms with Crippen molar-refractivity contribution < 1.29 is 14.4 Å². The minimum Gasteiger partial charge on any atom is -0.322 e. The fourth-order valence-corrected chi connectivity index (χ4v) is 2.33.